The summed E-state index contributed by atoms with van der Waals surface area (Å²) in [5.74, 6) is 0. The molecule has 0 bridgehead atoms. The second kappa shape index (κ2) is 25.4. The van der Waals surface area contributed by atoms with Crippen molar-refractivity contribution < 1.29 is 28.4 Å². The Morgan fingerprint density at radius 3 is 1.32 bits per heavy atom. The standard InChI is InChI=1S/C32H54O6/c1(3-7-17-27-35-31-21-11-19-29-37-31)5-13-23-33-25-15-9-10-16-26-34-24-14-6-2-4-8-18-28-36-32-22-12-20-30-38-32/h15-16,19-20,25-26,29-32H,1-14,17-18,21-24,27-28H2/b25-15-,26-16-. The van der Waals surface area contributed by atoms with E-state index in [1.165, 1.54) is 51.4 Å². The molecular weight excluding hydrogens is 480 g/mol. The Labute approximate surface area is 232 Å². The van der Waals surface area contributed by atoms with Crippen molar-refractivity contribution in [3.8, 4) is 0 Å². The minimum Gasteiger partial charge on any atom is -0.502 e. The first-order valence-corrected chi connectivity index (χ1v) is 15.3. The molecule has 0 aromatic carbocycles. The molecule has 0 saturated carbocycles. The fraction of sp³-hybridized carbons (Fsp3) is 0.750. The van der Waals surface area contributed by atoms with Crippen molar-refractivity contribution in [2.45, 2.75) is 128 Å². The van der Waals surface area contributed by atoms with Gasteiger partial charge in [-0.3, -0.25) is 0 Å². The van der Waals surface area contributed by atoms with Crippen LogP contribution >= 0.6 is 0 Å². The lowest BCUT2D eigenvalue weighted by atomic mass is 10.1. The van der Waals surface area contributed by atoms with Crippen LogP contribution in [0.3, 0.4) is 0 Å². The number of rotatable bonds is 25. The maximum Gasteiger partial charge on any atom is 0.199 e. The molecule has 0 radical (unpaired) electrons. The van der Waals surface area contributed by atoms with Crippen LogP contribution in [0.1, 0.15) is 116 Å². The second-order valence-corrected chi connectivity index (χ2v) is 10.1. The van der Waals surface area contributed by atoms with E-state index in [1.54, 1.807) is 12.5 Å². The SMILES string of the molecule is C1=COC(OCCCCCCCCO/C=C\CC/C=C\OCCCCCCCCOC2CCC=CO2)CC1. The summed E-state index contributed by atoms with van der Waals surface area (Å²) in [5.41, 5.74) is 0. The predicted octanol–water partition coefficient (Wildman–Crippen LogP) is 8.84. The summed E-state index contributed by atoms with van der Waals surface area (Å²) in [6.07, 6.45) is 36.0. The summed E-state index contributed by atoms with van der Waals surface area (Å²) in [6, 6.07) is 0. The molecule has 6 nitrogen and oxygen atoms in total. The molecule has 2 atom stereocenters. The third-order valence-electron chi connectivity index (χ3n) is 6.60. The first-order valence-electron chi connectivity index (χ1n) is 15.3. The fourth-order valence-electron chi connectivity index (χ4n) is 4.29. The normalized spacial score (nSPS) is 19.2. The van der Waals surface area contributed by atoms with E-state index >= 15 is 0 Å². The summed E-state index contributed by atoms with van der Waals surface area (Å²) in [5, 5.41) is 0. The Morgan fingerprint density at radius 2 is 0.921 bits per heavy atom. The van der Waals surface area contributed by atoms with Crippen LogP contribution in [0.4, 0.5) is 0 Å². The average molecular weight is 535 g/mol. The highest BCUT2D eigenvalue weighted by atomic mass is 16.7. The van der Waals surface area contributed by atoms with Crippen molar-refractivity contribution >= 4 is 0 Å². The molecule has 0 aliphatic carbocycles. The quantitative estimate of drug-likeness (QED) is 0.0861. The zero-order valence-corrected chi connectivity index (χ0v) is 23.8. The molecule has 0 spiro atoms. The lowest BCUT2D eigenvalue weighted by molar-refractivity contribution is -0.116. The zero-order valence-electron chi connectivity index (χ0n) is 23.8. The van der Waals surface area contributed by atoms with Gasteiger partial charge in [0.25, 0.3) is 0 Å². The molecule has 2 heterocycles. The number of unbranched alkanes of at least 4 members (excludes halogenated alkanes) is 11. The van der Waals surface area contributed by atoms with Crippen LogP contribution in [0.15, 0.2) is 49.4 Å². The summed E-state index contributed by atoms with van der Waals surface area (Å²) in [7, 11) is 0. The lowest BCUT2D eigenvalue weighted by Crippen LogP contribution is -2.17. The van der Waals surface area contributed by atoms with E-state index in [4.69, 9.17) is 28.4 Å². The van der Waals surface area contributed by atoms with Gasteiger partial charge in [0.1, 0.15) is 0 Å². The van der Waals surface area contributed by atoms with Gasteiger partial charge in [0.2, 0.25) is 0 Å². The topological polar surface area (TPSA) is 55.4 Å². The molecule has 0 fully saturated rings. The molecule has 2 rings (SSSR count). The Kier molecular flexibility index (Phi) is 21.6. The monoisotopic (exact) mass is 534 g/mol. The molecule has 0 N–H and O–H groups in total. The number of allylic oxidation sites excluding steroid dienone is 4. The first kappa shape index (κ1) is 32.3. The molecule has 2 aliphatic rings. The molecule has 218 valence electrons. The first-order chi connectivity index (χ1) is 18.9. The van der Waals surface area contributed by atoms with Crippen molar-refractivity contribution in [2.24, 2.45) is 0 Å². The molecule has 0 saturated heterocycles. The van der Waals surface area contributed by atoms with Gasteiger partial charge in [0, 0.05) is 12.8 Å². The van der Waals surface area contributed by atoms with E-state index in [9.17, 15) is 0 Å². The van der Waals surface area contributed by atoms with Crippen LogP contribution in [0.2, 0.25) is 0 Å². The van der Waals surface area contributed by atoms with Gasteiger partial charge in [-0.25, -0.2) is 0 Å². The smallest absolute Gasteiger partial charge is 0.199 e. The highest BCUT2D eigenvalue weighted by molar-refractivity contribution is 4.81. The van der Waals surface area contributed by atoms with Crippen LogP contribution in [0.5, 0.6) is 0 Å². The minimum atomic E-state index is -0.0256. The molecule has 6 heteroatoms. The maximum absolute atomic E-state index is 5.73. The minimum absolute atomic E-state index is 0.0256. The van der Waals surface area contributed by atoms with Crippen LogP contribution in [0.25, 0.3) is 0 Å². The van der Waals surface area contributed by atoms with Gasteiger partial charge in [-0.15, -0.1) is 0 Å². The van der Waals surface area contributed by atoms with Crippen LogP contribution in [0, 0.1) is 0 Å². The third-order valence-corrected chi connectivity index (χ3v) is 6.60. The van der Waals surface area contributed by atoms with Crippen molar-refractivity contribution in [1.82, 2.24) is 0 Å². The molecule has 0 aromatic heterocycles. The second-order valence-electron chi connectivity index (χ2n) is 10.1. The average Bonchev–Trinajstić information content (AvgIpc) is 2.96. The van der Waals surface area contributed by atoms with Gasteiger partial charge < -0.3 is 28.4 Å². The summed E-state index contributed by atoms with van der Waals surface area (Å²) in [4.78, 5) is 0. The largest absolute Gasteiger partial charge is 0.502 e. The lowest BCUT2D eigenvalue weighted by Gasteiger charge is -2.19. The highest BCUT2D eigenvalue weighted by Crippen LogP contribution is 2.14. The molecule has 0 amide bonds. The molecule has 2 unspecified atom stereocenters. The van der Waals surface area contributed by atoms with Crippen molar-refractivity contribution in [1.29, 1.82) is 0 Å². The van der Waals surface area contributed by atoms with Crippen LogP contribution in [-0.2, 0) is 28.4 Å². The Bertz CT molecular complexity index is 575. The molecule has 0 aromatic rings. The van der Waals surface area contributed by atoms with E-state index in [0.717, 1.165) is 90.6 Å². The Morgan fingerprint density at radius 1 is 0.526 bits per heavy atom. The van der Waals surface area contributed by atoms with Crippen LogP contribution < -0.4 is 0 Å². The van der Waals surface area contributed by atoms with Crippen molar-refractivity contribution in [3.63, 3.8) is 0 Å². The molecular formula is C32H54O6. The predicted molar refractivity (Wildman–Crippen MR) is 153 cm³/mol. The highest BCUT2D eigenvalue weighted by Gasteiger charge is 2.10. The fourth-order valence-corrected chi connectivity index (χ4v) is 4.29. The zero-order chi connectivity index (χ0) is 26.6. The Hall–Kier alpha value is -1.92. The van der Waals surface area contributed by atoms with Gasteiger partial charge in [0.05, 0.1) is 51.5 Å². The molecule has 38 heavy (non-hydrogen) atoms. The summed E-state index contributed by atoms with van der Waals surface area (Å²) in [6.45, 7) is 3.24. The van der Waals surface area contributed by atoms with E-state index in [0.29, 0.717) is 0 Å². The van der Waals surface area contributed by atoms with E-state index in [-0.39, 0.29) is 12.6 Å². The van der Waals surface area contributed by atoms with Gasteiger partial charge >= 0.3 is 0 Å². The van der Waals surface area contributed by atoms with Gasteiger partial charge in [0.15, 0.2) is 12.6 Å². The third kappa shape index (κ3) is 20.1. The number of hydrogen-bond acceptors (Lipinski definition) is 6. The van der Waals surface area contributed by atoms with E-state index < -0.39 is 0 Å². The number of ether oxygens (including phenoxy) is 6. The number of hydrogen-bond donors (Lipinski definition) is 0. The molecule has 2 aliphatic heterocycles. The maximum atomic E-state index is 5.73. The van der Waals surface area contributed by atoms with Crippen LogP contribution in [-0.4, -0.2) is 39.0 Å². The van der Waals surface area contributed by atoms with Gasteiger partial charge in [-0.2, -0.15) is 0 Å². The van der Waals surface area contributed by atoms with Gasteiger partial charge in [-0.05, 0) is 75.7 Å². The van der Waals surface area contributed by atoms with E-state index in [1.807, 2.05) is 24.7 Å². The van der Waals surface area contributed by atoms with Crippen molar-refractivity contribution in [2.75, 3.05) is 26.4 Å². The van der Waals surface area contributed by atoms with E-state index in [2.05, 4.69) is 12.2 Å². The summed E-state index contributed by atoms with van der Waals surface area (Å²) < 4.78 is 33.5. The van der Waals surface area contributed by atoms with Crippen molar-refractivity contribution in [3.05, 3.63) is 49.4 Å². The van der Waals surface area contributed by atoms with Gasteiger partial charge in [-0.1, -0.05) is 51.4 Å². The summed E-state index contributed by atoms with van der Waals surface area (Å²) >= 11 is 0. The Balaban J connectivity index is 1.20.